The zero-order chi connectivity index (χ0) is 21.0. The molecule has 0 bridgehead atoms. The quantitative estimate of drug-likeness (QED) is 0.428. The van der Waals surface area contributed by atoms with Crippen LogP contribution in [0.15, 0.2) is 60.2 Å². The van der Waals surface area contributed by atoms with E-state index >= 15 is 0 Å². The van der Waals surface area contributed by atoms with Gasteiger partial charge in [-0.05, 0) is 30.8 Å². The third-order valence-corrected chi connectivity index (χ3v) is 5.35. The second-order valence-corrected chi connectivity index (χ2v) is 6.98. The van der Waals surface area contributed by atoms with Crippen molar-refractivity contribution >= 4 is 17.4 Å². The number of phenols is 1. The Bertz CT molecular complexity index is 902. The zero-order valence-electron chi connectivity index (χ0n) is 16.7. The average Bonchev–Trinajstić information content (AvgIpc) is 3.00. The van der Waals surface area contributed by atoms with Crippen LogP contribution in [0, 0.1) is 0 Å². The van der Waals surface area contributed by atoms with Gasteiger partial charge < -0.3 is 20.0 Å². The number of aromatic hydroxyl groups is 1. The molecule has 2 aromatic rings. The highest BCUT2D eigenvalue weighted by molar-refractivity contribution is 6.46. The Hall–Kier alpha value is -3.12. The molecule has 152 valence electrons. The normalized spacial score (nSPS) is 18.6. The molecule has 2 aromatic carbocycles. The van der Waals surface area contributed by atoms with E-state index < -0.39 is 17.7 Å². The van der Waals surface area contributed by atoms with Crippen molar-refractivity contribution in [2.75, 3.05) is 26.2 Å². The van der Waals surface area contributed by atoms with Crippen LogP contribution in [0.5, 0.6) is 5.75 Å². The van der Waals surface area contributed by atoms with Crippen molar-refractivity contribution in [1.82, 2.24) is 9.80 Å². The van der Waals surface area contributed by atoms with E-state index in [0.717, 1.165) is 13.1 Å². The SMILES string of the molecule is CCN(CC)CCN1C(=O)C(=O)/C(=C(\O)c2ccccc2)C1c1ccc(O)cc1. The molecule has 0 radical (unpaired) electrons. The average molecular weight is 394 g/mol. The summed E-state index contributed by atoms with van der Waals surface area (Å²) in [5.74, 6) is -1.40. The minimum absolute atomic E-state index is 0.0754. The smallest absolute Gasteiger partial charge is 0.295 e. The summed E-state index contributed by atoms with van der Waals surface area (Å²) >= 11 is 0. The Morgan fingerprint density at radius 2 is 1.62 bits per heavy atom. The Balaban J connectivity index is 2.07. The van der Waals surface area contributed by atoms with E-state index in [1.54, 1.807) is 36.4 Å². The van der Waals surface area contributed by atoms with E-state index in [-0.39, 0.29) is 17.1 Å². The Labute approximate surface area is 170 Å². The molecule has 0 aliphatic carbocycles. The van der Waals surface area contributed by atoms with Crippen molar-refractivity contribution in [3.05, 3.63) is 71.3 Å². The van der Waals surface area contributed by atoms with Gasteiger partial charge in [0, 0.05) is 18.7 Å². The number of ketones is 1. The van der Waals surface area contributed by atoms with E-state index in [2.05, 4.69) is 4.90 Å². The van der Waals surface area contributed by atoms with Crippen LogP contribution < -0.4 is 0 Å². The van der Waals surface area contributed by atoms with Gasteiger partial charge in [-0.25, -0.2) is 0 Å². The van der Waals surface area contributed by atoms with Crippen LogP contribution in [-0.4, -0.2) is 57.9 Å². The molecule has 0 saturated carbocycles. The van der Waals surface area contributed by atoms with Crippen LogP contribution in [0.2, 0.25) is 0 Å². The number of aliphatic hydroxyl groups excluding tert-OH is 1. The van der Waals surface area contributed by atoms with E-state index in [4.69, 9.17) is 0 Å². The number of phenolic OH excluding ortho intramolecular Hbond substituents is 1. The fraction of sp³-hybridized carbons (Fsp3) is 0.304. The summed E-state index contributed by atoms with van der Waals surface area (Å²) in [4.78, 5) is 29.4. The topological polar surface area (TPSA) is 81.1 Å². The largest absolute Gasteiger partial charge is 0.508 e. The van der Waals surface area contributed by atoms with Gasteiger partial charge in [-0.3, -0.25) is 9.59 Å². The van der Waals surface area contributed by atoms with Crippen LogP contribution >= 0.6 is 0 Å². The molecule has 0 spiro atoms. The maximum Gasteiger partial charge on any atom is 0.295 e. The summed E-state index contributed by atoms with van der Waals surface area (Å²) in [7, 11) is 0. The molecule has 1 aliphatic rings. The molecule has 1 saturated heterocycles. The molecular formula is C23H26N2O4. The highest BCUT2D eigenvalue weighted by Gasteiger charge is 2.45. The van der Waals surface area contributed by atoms with Gasteiger partial charge >= 0.3 is 0 Å². The van der Waals surface area contributed by atoms with Gasteiger partial charge in [0.05, 0.1) is 11.6 Å². The molecule has 1 unspecified atom stereocenters. The molecule has 1 fully saturated rings. The molecule has 1 aliphatic heterocycles. The third-order valence-electron chi connectivity index (χ3n) is 5.35. The predicted octanol–water partition coefficient (Wildman–Crippen LogP) is 3.16. The van der Waals surface area contributed by atoms with Crippen molar-refractivity contribution in [1.29, 1.82) is 0 Å². The monoisotopic (exact) mass is 394 g/mol. The number of amides is 1. The van der Waals surface area contributed by atoms with Crippen molar-refractivity contribution in [2.24, 2.45) is 0 Å². The molecule has 3 rings (SSSR count). The first kappa shape index (κ1) is 20.6. The molecule has 1 heterocycles. The van der Waals surface area contributed by atoms with Crippen molar-refractivity contribution in [2.45, 2.75) is 19.9 Å². The van der Waals surface area contributed by atoms with Gasteiger partial charge in [0.25, 0.3) is 11.7 Å². The fourth-order valence-corrected chi connectivity index (χ4v) is 3.65. The molecule has 6 heteroatoms. The molecule has 0 aromatic heterocycles. The van der Waals surface area contributed by atoms with Crippen LogP contribution in [0.25, 0.3) is 5.76 Å². The maximum atomic E-state index is 12.9. The van der Waals surface area contributed by atoms with E-state index in [1.165, 1.54) is 17.0 Å². The zero-order valence-corrected chi connectivity index (χ0v) is 16.7. The van der Waals surface area contributed by atoms with E-state index in [1.807, 2.05) is 19.9 Å². The van der Waals surface area contributed by atoms with Gasteiger partial charge in [0.2, 0.25) is 0 Å². The first-order chi connectivity index (χ1) is 14.0. The number of nitrogens with zero attached hydrogens (tertiary/aromatic N) is 2. The van der Waals surface area contributed by atoms with Gasteiger partial charge in [0.15, 0.2) is 0 Å². The first-order valence-corrected chi connectivity index (χ1v) is 9.83. The standard InChI is InChI=1S/C23H26N2O4/c1-3-24(4-2)14-15-25-20(16-10-12-18(26)13-11-16)19(22(28)23(25)29)21(27)17-8-6-5-7-9-17/h5-13,20,26-27H,3-4,14-15H2,1-2H3/b21-19-. The lowest BCUT2D eigenvalue weighted by Crippen LogP contribution is -2.38. The molecule has 6 nitrogen and oxygen atoms in total. The molecular weight excluding hydrogens is 368 g/mol. The molecule has 29 heavy (non-hydrogen) atoms. The lowest BCUT2D eigenvalue weighted by Gasteiger charge is -2.28. The summed E-state index contributed by atoms with van der Waals surface area (Å²) in [6, 6.07) is 14.4. The van der Waals surface area contributed by atoms with Gasteiger partial charge in [0.1, 0.15) is 11.5 Å². The van der Waals surface area contributed by atoms with Crippen molar-refractivity contribution < 1.29 is 19.8 Å². The number of likely N-dealkylation sites (tertiary alicyclic amines) is 1. The number of carbonyl (C=O) groups is 2. The summed E-state index contributed by atoms with van der Waals surface area (Å²) in [6.45, 7) is 6.76. The highest BCUT2D eigenvalue weighted by atomic mass is 16.3. The van der Waals surface area contributed by atoms with Crippen molar-refractivity contribution in [3.63, 3.8) is 0 Å². The molecule has 1 amide bonds. The number of benzene rings is 2. The summed E-state index contributed by atoms with van der Waals surface area (Å²) in [6.07, 6.45) is 0. The summed E-state index contributed by atoms with van der Waals surface area (Å²) < 4.78 is 0. The first-order valence-electron chi connectivity index (χ1n) is 9.83. The Kier molecular flexibility index (Phi) is 6.34. The van der Waals surface area contributed by atoms with Gasteiger partial charge in [-0.2, -0.15) is 0 Å². The summed E-state index contributed by atoms with van der Waals surface area (Å²) in [5, 5.41) is 20.5. The van der Waals surface area contributed by atoms with Gasteiger partial charge in [-0.15, -0.1) is 0 Å². The Morgan fingerprint density at radius 3 is 2.21 bits per heavy atom. The van der Waals surface area contributed by atoms with Crippen LogP contribution in [0.3, 0.4) is 0 Å². The van der Waals surface area contributed by atoms with Crippen LogP contribution in [0.4, 0.5) is 0 Å². The van der Waals surface area contributed by atoms with E-state index in [9.17, 15) is 19.8 Å². The molecule has 2 N–H and O–H groups in total. The minimum atomic E-state index is -0.702. The number of hydrogen-bond donors (Lipinski definition) is 2. The van der Waals surface area contributed by atoms with Crippen molar-refractivity contribution in [3.8, 4) is 5.75 Å². The summed E-state index contributed by atoms with van der Waals surface area (Å²) in [5.41, 5.74) is 1.23. The highest BCUT2D eigenvalue weighted by Crippen LogP contribution is 2.39. The number of rotatable bonds is 7. The lowest BCUT2D eigenvalue weighted by molar-refractivity contribution is -0.140. The number of Topliss-reactive ketones (excluding diaryl/α,β-unsaturated/α-hetero) is 1. The number of aliphatic hydroxyl groups is 1. The Morgan fingerprint density at radius 1 is 1.00 bits per heavy atom. The number of likely N-dealkylation sites (N-methyl/N-ethyl adjacent to an activating group) is 1. The van der Waals surface area contributed by atoms with E-state index in [0.29, 0.717) is 24.2 Å². The number of hydrogen-bond acceptors (Lipinski definition) is 5. The van der Waals surface area contributed by atoms with Crippen LogP contribution in [0.1, 0.15) is 31.0 Å². The van der Waals surface area contributed by atoms with Gasteiger partial charge in [-0.1, -0.05) is 56.3 Å². The second kappa shape index (κ2) is 8.92. The number of carbonyl (C=O) groups excluding carboxylic acids is 2. The molecule has 1 atom stereocenters. The maximum absolute atomic E-state index is 12.9. The third kappa shape index (κ3) is 4.17. The predicted molar refractivity (Wildman–Crippen MR) is 111 cm³/mol. The fourth-order valence-electron chi connectivity index (χ4n) is 3.65. The second-order valence-electron chi connectivity index (χ2n) is 6.98. The minimum Gasteiger partial charge on any atom is -0.508 e. The lowest BCUT2D eigenvalue weighted by atomic mass is 9.95. The van der Waals surface area contributed by atoms with Crippen LogP contribution in [-0.2, 0) is 9.59 Å².